The number of pyridine rings is 2. The Morgan fingerprint density at radius 3 is 2.51 bits per heavy atom. The van der Waals surface area contributed by atoms with E-state index in [1.165, 1.54) is 18.3 Å². The maximum Gasteiger partial charge on any atom is 0.234 e. The fraction of sp³-hybridized carbons (Fsp3) is 0.425. The van der Waals surface area contributed by atoms with Gasteiger partial charge in [0.05, 0.1) is 41.7 Å². The van der Waals surface area contributed by atoms with Crippen LogP contribution < -0.4 is 15.5 Å². The molecule has 1 aromatic carbocycles. The van der Waals surface area contributed by atoms with E-state index in [-0.39, 0.29) is 23.8 Å². The van der Waals surface area contributed by atoms with E-state index in [9.17, 15) is 20.1 Å². The van der Waals surface area contributed by atoms with Crippen molar-refractivity contribution in [1.82, 2.24) is 45.0 Å². The van der Waals surface area contributed by atoms with Crippen molar-refractivity contribution in [3.8, 4) is 29.2 Å². The predicted molar refractivity (Wildman–Crippen MR) is 205 cm³/mol. The Balaban J connectivity index is 0.836. The van der Waals surface area contributed by atoms with Crippen LogP contribution >= 0.6 is 0 Å². The Bertz CT molecular complexity index is 2270. The highest BCUT2D eigenvalue weighted by molar-refractivity contribution is 6.01. The summed E-state index contributed by atoms with van der Waals surface area (Å²) in [5.41, 5.74) is 5.30. The van der Waals surface area contributed by atoms with Crippen molar-refractivity contribution in [2.75, 3.05) is 42.9 Å². The Kier molecular flexibility index (Phi) is 10.2. The number of nitrogens with zero attached hydrogens (tertiary/aromatic N) is 11. The predicted octanol–water partition coefficient (Wildman–Crippen LogP) is 4.73. The minimum absolute atomic E-state index is 0.184. The number of carbonyl (C=O) groups is 2. The number of imide groups is 1. The third kappa shape index (κ3) is 7.75. The maximum absolute atomic E-state index is 12.3. The van der Waals surface area contributed by atoms with Crippen molar-refractivity contribution in [2.24, 2.45) is 5.92 Å². The van der Waals surface area contributed by atoms with E-state index in [4.69, 9.17) is 0 Å². The summed E-state index contributed by atoms with van der Waals surface area (Å²) >= 11 is 0. The third-order valence-corrected chi connectivity index (χ3v) is 11.3. The normalized spacial score (nSPS) is 21.1. The number of hydrogen-bond acceptors (Lipinski definition) is 12. The monoisotopic (exact) mass is 737 g/mol. The van der Waals surface area contributed by atoms with Gasteiger partial charge in [0.25, 0.3) is 0 Å². The topological polar surface area (TPSA) is 187 Å². The molecular weight excluding hydrogens is 695 g/mol. The van der Waals surface area contributed by atoms with Crippen molar-refractivity contribution < 1.29 is 9.59 Å². The highest BCUT2D eigenvalue weighted by Crippen LogP contribution is 2.36. The molecule has 0 radical (unpaired) electrons. The summed E-state index contributed by atoms with van der Waals surface area (Å²) in [6.45, 7) is 6.92. The molecule has 55 heavy (non-hydrogen) atoms. The second-order valence-electron chi connectivity index (χ2n) is 14.9. The van der Waals surface area contributed by atoms with Crippen LogP contribution in [0.4, 0.5) is 11.4 Å². The molecule has 1 saturated carbocycles. The summed E-state index contributed by atoms with van der Waals surface area (Å²) in [5.74, 6) is 0.588. The smallest absolute Gasteiger partial charge is 0.234 e. The fourth-order valence-corrected chi connectivity index (χ4v) is 8.10. The summed E-state index contributed by atoms with van der Waals surface area (Å²) in [6, 6.07) is 16.0. The largest absolute Gasteiger partial charge is 0.369 e. The molecule has 0 bridgehead atoms. The summed E-state index contributed by atoms with van der Waals surface area (Å²) in [4.78, 5) is 37.9. The highest BCUT2D eigenvalue weighted by Gasteiger charge is 2.29. The summed E-state index contributed by atoms with van der Waals surface area (Å²) in [6.07, 6.45) is 13.5. The van der Waals surface area contributed by atoms with Gasteiger partial charge in [0.1, 0.15) is 17.8 Å². The molecule has 0 spiro atoms. The number of piperazine rings is 1. The molecule has 3 aliphatic rings. The molecule has 5 aromatic rings. The Hall–Kier alpha value is -6.19. The van der Waals surface area contributed by atoms with Gasteiger partial charge in [-0.05, 0) is 81.7 Å². The number of fused-ring (bicyclic) bond motifs is 1. The molecule has 4 aromatic heterocycles. The van der Waals surface area contributed by atoms with Gasteiger partial charge in [0, 0.05) is 67.7 Å². The molecule has 1 aliphatic carbocycles. The molecule has 3 fully saturated rings. The fourth-order valence-electron chi connectivity index (χ4n) is 8.10. The molecule has 2 amide bonds. The van der Waals surface area contributed by atoms with Crippen molar-refractivity contribution in [2.45, 2.75) is 69.9 Å². The third-order valence-electron chi connectivity index (χ3n) is 11.3. The summed E-state index contributed by atoms with van der Waals surface area (Å²) in [7, 11) is 0. The number of aromatic nitrogens is 7. The van der Waals surface area contributed by atoms with Gasteiger partial charge in [-0.2, -0.15) is 20.3 Å². The van der Waals surface area contributed by atoms with Crippen LogP contribution in [0, 0.1) is 28.6 Å². The molecule has 8 rings (SSSR count). The molecule has 2 atom stereocenters. The molecule has 2 N–H and O–H groups in total. The van der Waals surface area contributed by atoms with Crippen LogP contribution in [-0.2, 0) is 9.59 Å². The van der Waals surface area contributed by atoms with Gasteiger partial charge in [0.15, 0.2) is 11.5 Å². The first kappa shape index (κ1) is 35.8. The van der Waals surface area contributed by atoms with E-state index in [1.807, 2.05) is 29.1 Å². The lowest BCUT2D eigenvalue weighted by Gasteiger charge is -2.37. The maximum atomic E-state index is 12.3. The van der Waals surface area contributed by atoms with Crippen LogP contribution in [0.25, 0.3) is 28.1 Å². The number of nitriles is 2. The van der Waals surface area contributed by atoms with Crippen LogP contribution in [0.15, 0.2) is 61.2 Å². The van der Waals surface area contributed by atoms with Gasteiger partial charge in [-0.15, -0.1) is 5.10 Å². The minimum Gasteiger partial charge on any atom is -0.369 e. The van der Waals surface area contributed by atoms with Gasteiger partial charge in [-0.3, -0.25) is 19.8 Å². The number of nitrogens with one attached hydrogen (secondary N) is 2. The lowest BCUT2D eigenvalue weighted by Crippen LogP contribution is -2.47. The first-order valence-electron chi connectivity index (χ1n) is 19.1. The second kappa shape index (κ2) is 15.7. The number of piperidine rings is 1. The Morgan fingerprint density at radius 2 is 1.76 bits per heavy atom. The van der Waals surface area contributed by atoms with Gasteiger partial charge < -0.3 is 10.2 Å². The first-order valence-corrected chi connectivity index (χ1v) is 19.1. The number of rotatable bonds is 10. The zero-order valence-corrected chi connectivity index (χ0v) is 30.8. The van der Waals surface area contributed by atoms with Crippen molar-refractivity contribution in [1.29, 1.82) is 10.5 Å². The van der Waals surface area contributed by atoms with Crippen LogP contribution in [0.1, 0.15) is 75.0 Å². The second-order valence-corrected chi connectivity index (χ2v) is 14.9. The van der Waals surface area contributed by atoms with Crippen LogP contribution in [0.3, 0.4) is 0 Å². The molecule has 280 valence electrons. The first-order chi connectivity index (χ1) is 26.8. The van der Waals surface area contributed by atoms with E-state index in [0.29, 0.717) is 47.2 Å². The lowest BCUT2D eigenvalue weighted by molar-refractivity contribution is -0.134. The van der Waals surface area contributed by atoms with Gasteiger partial charge in [0.2, 0.25) is 11.8 Å². The van der Waals surface area contributed by atoms with Gasteiger partial charge in [-0.1, -0.05) is 17.3 Å². The molecule has 6 heterocycles. The molecule has 2 aliphatic heterocycles. The quantitative estimate of drug-likeness (QED) is 0.188. The van der Waals surface area contributed by atoms with E-state index in [2.05, 4.69) is 70.1 Å². The molecule has 2 saturated heterocycles. The average Bonchev–Trinajstić information content (AvgIpc) is 3.88. The standard InChI is InChI=1S/C40H43N13O2/c1-26(20-41)46-35-19-37(53-39-30(23-45-53)18-28(21-42)22-44-39)43-24-34(35)36-25-52(49-48-36)32-6-2-27(3-7-32)12-13-50-14-16-51(17-15-50)31-8-4-29(5-9-31)33-10-11-38(54)47-40(33)55/h4-5,8-9,18-19,22-27,32-33H,2-3,6-7,10-17H2,1H3,(H,43,46)(H,47,54,55)/t26-,27?,32?,33?/m1/s1. The number of benzene rings is 1. The lowest BCUT2D eigenvalue weighted by atomic mass is 9.84. The number of amides is 2. The Labute approximate surface area is 319 Å². The number of anilines is 2. The van der Waals surface area contributed by atoms with Crippen molar-refractivity contribution >= 4 is 34.2 Å². The van der Waals surface area contributed by atoms with E-state index < -0.39 is 6.04 Å². The summed E-state index contributed by atoms with van der Waals surface area (Å²) in [5, 5.41) is 38.9. The van der Waals surface area contributed by atoms with E-state index in [0.717, 1.165) is 74.9 Å². The zero-order chi connectivity index (χ0) is 37.9. The van der Waals surface area contributed by atoms with Crippen LogP contribution in [-0.4, -0.2) is 90.2 Å². The molecule has 1 unspecified atom stereocenters. The van der Waals surface area contributed by atoms with Crippen LogP contribution in [0.5, 0.6) is 0 Å². The van der Waals surface area contributed by atoms with Gasteiger partial charge in [-0.25, -0.2) is 14.6 Å². The average molecular weight is 738 g/mol. The van der Waals surface area contributed by atoms with Crippen LogP contribution in [0.2, 0.25) is 0 Å². The van der Waals surface area contributed by atoms with E-state index in [1.54, 1.807) is 30.1 Å². The van der Waals surface area contributed by atoms with Crippen molar-refractivity contribution in [3.05, 3.63) is 72.3 Å². The number of carbonyl (C=O) groups excluding carboxylic acids is 2. The zero-order valence-electron chi connectivity index (χ0n) is 30.8. The highest BCUT2D eigenvalue weighted by atomic mass is 16.2. The molecule has 15 heteroatoms. The van der Waals surface area contributed by atoms with E-state index >= 15 is 0 Å². The minimum atomic E-state index is -0.459. The summed E-state index contributed by atoms with van der Waals surface area (Å²) < 4.78 is 3.61. The molecule has 15 nitrogen and oxygen atoms in total. The SMILES string of the molecule is C[C@H](C#N)Nc1cc(-n2ncc3cc(C#N)cnc32)ncc1-c1cn(C2CCC(CCN3CCN(c4ccc(C5CCC(=O)NC5=O)cc4)CC3)CC2)nn1. The molecular formula is C40H43N13O2. The van der Waals surface area contributed by atoms with Gasteiger partial charge >= 0.3 is 0 Å². The Morgan fingerprint density at radius 1 is 0.964 bits per heavy atom. The van der Waals surface area contributed by atoms with Crippen molar-refractivity contribution in [3.63, 3.8) is 0 Å². The number of hydrogen-bond donors (Lipinski definition) is 2.